The number of aryl methyl sites for hydroxylation is 1. The van der Waals surface area contributed by atoms with Crippen LogP contribution in [0.1, 0.15) is 30.6 Å². The molecule has 0 N–H and O–H groups in total. The second kappa shape index (κ2) is 6.73. The average molecular weight is 412 g/mol. The molecule has 0 saturated heterocycles. The van der Waals surface area contributed by atoms with E-state index in [1.165, 1.54) is 11.9 Å². The molecule has 3 aromatic rings. The zero-order valence-corrected chi connectivity index (χ0v) is 16.7. The Labute approximate surface area is 171 Å². The predicted octanol–water partition coefficient (Wildman–Crippen LogP) is 3.09. The molecule has 148 valence electrons. The van der Waals surface area contributed by atoms with Crippen molar-refractivity contribution in [1.82, 2.24) is 19.8 Å². The first-order valence-corrected chi connectivity index (χ1v) is 9.64. The van der Waals surface area contributed by atoms with Crippen molar-refractivity contribution in [2.24, 2.45) is 12.1 Å². The molecule has 29 heavy (non-hydrogen) atoms. The fourth-order valence-electron chi connectivity index (χ4n) is 3.79. The number of hydrazone groups is 1. The van der Waals surface area contributed by atoms with Crippen molar-refractivity contribution in [3.8, 4) is 11.5 Å². The maximum atomic E-state index is 12.3. The van der Waals surface area contributed by atoms with Crippen molar-refractivity contribution in [2.75, 3.05) is 13.2 Å². The first-order valence-electron chi connectivity index (χ1n) is 9.26. The summed E-state index contributed by atoms with van der Waals surface area (Å²) in [5.74, 6) is 1.18. The standard InChI is InChI=1S/C20H18ClN5O3/c1-11(27)26-17(9-15(24-26)16-3-4-22-25(16)2)13-7-12-8-18-19(29-6-5-28-18)10-14(12)23-20(13)21/h3-4,7-8,10,17H,5-6,9H2,1-2H3/t17-/m1/s1. The van der Waals surface area contributed by atoms with E-state index in [2.05, 4.69) is 15.2 Å². The van der Waals surface area contributed by atoms with E-state index in [0.29, 0.717) is 41.8 Å². The number of ether oxygens (including phenoxy) is 2. The molecule has 0 radical (unpaired) electrons. The highest BCUT2D eigenvalue weighted by molar-refractivity contribution is 6.30. The van der Waals surface area contributed by atoms with E-state index in [9.17, 15) is 4.79 Å². The van der Waals surface area contributed by atoms with Gasteiger partial charge in [-0.2, -0.15) is 10.2 Å². The number of nitrogens with zero attached hydrogens (tertiary/aromatic N) is 5. The number of carbonyl (C=O) groups excluding carboxylic acids is 1. The molecule has 1 amide bonds. The van der Waals surface area contributed by atoms with Gasteiger partial charge >= 0.3 is 0 Å². The van der Waals surface area contributed by atoms with Gasteiger partial charge in [-0.15, -0.1) is 0 Å². The van der Waals surface area contributed by atoms with Crippen molar-refractivity contribution < 1.29 is 14.3 Å². The maximum Gasteiger partial charge on any atom is 0.240 e. The van der Waals surface area contributed by atoms with Crippen LogP contribution in [0.15, 0.2) is 35.6 Å². The summed E-state index contributed by atoms with van der Waals surface area (Å²) in [5, 5.41) is 11.4. The predicted molar refractivity (Wildman–Crippen MR) is 107 cm³/mol. The van der Waals surface area contributed by atoms with E-state index in [-0.39, 0.29) is 11.9 Å². The molecule has 0 saturated carbocycles. The molecule has 4 heterocycles. The Morgan fingerprint density at radius 3 is 2.66 bits per heavy atom. The van der Waals surface area contributed by atoms with Crippen molar-refractivity contribution >= 4 is 34.1 Å². The zero-order valence-electron chi connectivity index (χ0n) is 15.9. The highest BCUT2D eigenvalue weighted by Crippen LogP contribution is 2.40. The molecular formula is C20H18ClN5O3. The molecule has 5 rings (SSSR count). The second-order valence-corrected chi connectivity index (χ2v) is 7.39. The van der Waals surface area contributed by atoms with Gasteiger partial charge in [-0.05, 0) is 18.2 Å². The van der Waals surface area contributed by atoms with Crippen LogP contribution in [0, 0.1) is 0 Å². The fourth-order valence-corrected chi connectivity index (χ4v) is 4.06. The Balaban J connectivity index is 1.58. The maximum absolute atomic E-state index is 12.3. The minimum Gasteiger partial charge on any atom is -0.486 e. The Hall–Kier alpha value is -3.13. The summed E-state index contributed by atoms with van der Waals surface area (Å²) in [6.45, 7) is 2.51. The topological polar surface area (TPSA) is 81.8 Å². The number of benzene rings is 1. The summed E-state index contributed by atoms with van der Waals surface area (Å²) in [4.78, 5) is 16.8. The Morgan fingerprint density at radius 2 is 1.97 bits per heavy atom. The number of halogens is 1. The molecule has 1 aromatic carbocycles. The number of carbonyl (C=O) groups is 1. The second-order valence-electron chi connectivity index (χ2n) is 7.03. The van der Waals surface area contributed by atoms with E-state index in [0.717, 1.165) is 22.4 Å². The minimum atomic E-state index is -0.338. The van der Waals surface area contributed by atoms with Crippen LogP contribution in [0.4, 0.5) is 0 Å². The molecule has 2 aromatic heterocycles. The Kier molecular flexibility index (Phi) is 4.16. The lowest BCUT2D eigenvalue weighted by atomic mass is 10.00. The third-order valence-corrected chi connectivity index (χ3v) is 5.47. The zero-order chi connectivity index (χ0) is 20.1. The lowest BCUT2D eigenvalue weighted by molar-refractivity contribution is -0.130. The van der Waals surface area contributed by atoms with Gasteiger partial charge in [0.2, 0.25) is 5.91 Å². The highest BCUT2D eigenvalue weighted by atomic mass is 35.5. The largest absolute Gasteiger partial charge is 0.486 e. The third-order valence-electron chi connectivity index (χ3n) is 5.17. The minimum absolute atomic E-state index is 0.162. The van der Waals surface area contributed by atoms with Gasteiger partial charge in [0.25, 0.3) is 0 Å². The van der Waals surface area contributed by atoms with Crippen LogP contribution in [0.3, 0.4) is 0 Å². The molecular weight excluding hydrogens is 394 g/mol. The SMILES string of the molecule is CC(=O)N1N=C(c2ccnn2C)C[C@@H]1c1cc2cc3c(cc2nc1Cl)OCCO3. The molecule has 0 spiro atoms. The van der Waals surface area contributed by atoms with Crippen molar-refractivity contribution in [2.45, 2.75) is 19.4 Å². The fraction of sp³-hybridized carbons (Fsp3) is 0.300. The number of hydrogen-bond donors (Lipinski definition) is 0. The van der Waals surface area contributed by atoms with E-state index in [1.54, 1.807) is 10.9 Å². The van der Waals surface area contributed by atoms with Gasteiger partial charge < -0.3 is 9.47 Å². The van der Waals surface area contributed by atoms with Crippen LogP contribution in [-0.2, 0) is 11.8 Å². The monoisotopic (exact) mass is 411 g/mol. The van der Waals surface area contributed by atoms with Gasteiger partial charge in [0, 0.05) is 43.6 Å². The summed E-state index contributed by atoms with van der Waals surface area (Å²) in [6, 6.07) is 7.21. The number of pyridine rings is 1. The van der Waals surface area contributed by atoms with E-state index < -0.39 is 0 Å². The summed E-state index contributed by atoms with van der Waals surface area (Å²) < 4.78 is 13.1. The third kappa shape index (κ3) is 3.00. The van der Waals surface area contributed by atoms with Gasteiger partial charge in [0.1, 0.15) is 18.4 Å². The van der Waals surface area contributed by atoms with Crippen molar-refractivity contribution in [3.63, 3.8) is 0 Å². The molecule has 0 bridgehead atoms. The summed E-state index contributed by atoms with van der Waals surface area (Å²) in [5.41, 5.74) is 3.10. The van der Waals surface area contributed by atoms with Gasteiger partial charge in [-0.25, -0.2) is 9.99 Å². The van der Waals surface area contributed by atoms with Crippen molar-refractivity contribution in [1.29, 1.82) is 0 Å². The normalized spacial score (nSPS) is 18.2. The number of hydrogen-bond acceptors (Lipinski definition) is 6. The molecule has 0 fully saturated rings. The smallest absolute Gasteiger partial charge is 0.240 e. The summed E-state index contributed by atoms with van der Waals surface area (Å²) in [7, 11) is 1.85. The summed E-state index contributed by atoms with van der Waals surface area (Å²) >= 11 is 6.55. The quantitative estimate of drug-likeness (QED) is 0.605. The van der Waals surface area contributed by atoms with E-state index in [4.69, 9.17) is 21.1 Å². The number of fused-ring (bicyclic) bond motifs is 2. The van der Waals surface area contributed by atoms with Crippen LogP contribution in [0.25, 0.3) is 10.9 Å². The van der Waals surface area contributed by atoms with Gasteiger partial charge in [0.05, 0.1) is 23.0 Å². The molecule has 0 aliphatic carbocycles. The van der Waals surface area contributed by atoms with E-state index in [1.807, 2.05) is 31.3 Å². The lowest BCUT2D eigenvalue weighted by Crippen LogP contribution is -2.24. The number of amides is 1. The molecule has 2 aliphatic rings. The molecule has 8 nitrogen and oxygen atoms in total. The lowest BCUT2D eigenvalue weighted by Gasteiger charge is -2.22. The number of rotatable bonds is 2. The first kappa shape index (κ1) is 17.9. The van der Waals surface area contributed by atoms with Gasteiger partial charge in [0.15, 0.2) is 11.5 Å². The van der Waals surface area contributed by atoms with Crippen LogP contribution in [0.5, 0.6) is 11.5 Å². The molecule has 0 unspecified atom stereocenters. The van der Waals surface area contributed by atoms with E-state index >= 15 is 0 Å². The molecule has 2 aliphatic heterocycles. The van der Waals surface area contributed by atoms with Crippen molar-refractivity contribution in [3.05, 3.63) is 46.9 Å². The molecule has 1 atom stereocenters. The van der Waals surface area contributed by atoms with Crippen LogP contribution in [0.2, 0.25) is 5.15 Å². The Morgan fingerprint density at radius 1 is 1.21 bits per heavy atom. The number of aromatic nitrogens is 3. The Bertz CT molecular complexity index is 1170. The van der Waals surface area contributed by atoms with Crippen LogP contribution in [-0.4, -0.2) is 44.6 Å². The van der Waals surface area contributed by atoms with Crippen LogP contribution < -0.4 is 9.47 Å². The summed E-state index contributed by atoms with van der Waals surface area (Å²) in [6.07, 6.45) is 2.23. The average Bonchev–Trinajstić information content (AvgIpc) is 3.32. The molecule has 9 heteroatoms. The highest BCUT2D eigenvalue weighted by Gasteiger charge is 2.34. The first-order chi connectivity index (χ1) is 14.0. The van der Waals surface area contributed by atoms with Crippen LogP contribution >= 0.6 is 11.6 Å². The van der Waals surface area contributed by atoms with Gasteiger partial charge in [-0.3, -0.25) is 9.48 Å². The van der Waals surface area contributed by atoms with Gasteiger partial charge in [-0.1, -0.05) is 11.6 Å².